The summed E-state index contributed by atoms with van der Waals surface area (Å²) in [6.07, 6.45) is 1.70. The van der Waals surface area contributed by atoms with Crippen LogP contribution < -0.4 is 15.2 Å². The molecule has 1 amide bonds. The highest BCUT2D eigenvalue weighted by Crippen LogP contribution is 2.28. The largest absolute Gasteiger partial charge is 0.495 e. The van der Waals surface area contributed by atoms with Gasteiger partial charge in [0.2, 0.25) is 0 Å². The minimum atomic E-state index is -0.512. The number of aliphatic imine (C=N–C) groups is 1. The van der Waals surface area contributed by atoms with E-state index in [2.05, 4.69) is 4.99 Å². The van der Waals surface area contributed by atoms with Crippen LogP contribution >= 0.6 is 11.6 Å². The number of rotatable bonds is 6. The number of nitrogens with zero attached hydrogens (tertiary/aromatic N) is 1. The number of halogens is 1. The van der Waals surface area contributed by atoms with E-state index in [0.29, 0.717) is 16.5 Å². The molecule has 0 atom stereocenters. The van der Waals surface area contributed by atoms with Crippen LogP contribution in [0, 0.1) is 0 Å². The van der Waals surface area contributed by atoms with E-state index in [0.717, 1.165) is 11.3 Å². The third kappa shape index (κ3) is 4.49. The van der Waals surface area contributed by atoms with Gasteiger partial charge < -0.3 is 15.2 Å². The maximum absolute atomic E-state index is 10.6. The second-order valence-corrected chi connectivity index (χ2v) is 4.81. The van der Waals surface area contributed by atoms with Crippen molar-refractivity contribution in [1.82, 2.24) is 0 Å². The van der Waals surface area contributed by atoms with Gasteiger partial charge in [0.1, 0.15) is 11.5 Å². The first kappa shape index (κ1) is 15.9. The van der Waals surface area contributed by atoms with E-state index in [4.69, 9.17) is 26.8 Å². The highest BCUT2D eigenvalue weighted by atomic mass is 35.5. The third-order valence-corrected chi connectivity index (χ3v) is 3.05. The number of ether oxygens (including phenoxy) is 2. The highest BCUT2D eigenvalue weighted by Gasteiger charge is 2.00. The second kappa shape index (κ2) is 7.47. The van der Waals surface area contributed by atoms with Crippen molar-refractivity contribution in [3.8, 4) is 11.5 Å². The lowest BCUT2D eigenvalue weighted by Crippen LogP contribution is -2.19. The Kier molecular flexibility index (Phi) is 5.38. The molecule has 0 aliphatic carbocycles. The van der Waals surface area contributed by atoms with Gasteiger partial charge in [-0.15, -0.1) is 0 Å². The Morgan fingerprint density at radius 1 is 1.27 bits per heavy atom. The number of primary amides is 1. The molecule has 114 valence electrons. The molecule has 0 bridgehead atoms. The molecule has 2 N–H and O–H groups in total. The Bertz CT molecular complexity index is 684. The molecule has 0 unspecified atom stereocenters. The summed E-state index contributed by atoms with van der Waals surface area (Å²) >= 11 is 6.04. The number of carbonyl (C=O) groups is 1. The minimum Gasteiger partial charge on any atom is -0.495 e. The van der Waals surface area contributed by atoms with E-state index in [1.807, 2.05) is 18.2 Å². The predicted molar refractivity (Wildman–Crippen MR) is 86.4 cm³/mol. The summed E-state index contributed by atoms with van der Waals surface area (Å²) < 4.78 is 10.3. The normalized spacial score (nSPS) is 10.6. The fourth-order valence-corrected chi connectivity index (χ4v) is 1.94. The summed E-state index contributed by atoms with van der Waals surface area (Å²) in [5, 5.41) is 0.507. The SMILES string of the molecule is COc1ccc(N=Cc2ccc(OCC(N)=O)cc2)cc1Cl. The monoisotopic (exact) mass is 318 g/mol. The highest BCUT2D eigenvalue weighted by molar-refractivity contribution is 6.32. The summed E-state index contributed by atoms with van der Waals surface area (Å²) in [5.41, 5.74) is 6.62. The Hall–Kier alpha value is -2.53. The lowest BCUT2D eigenvalue weighted by atomic mass is 10.2. The van der Waals surface area contributed by atoms with Crippen molar-refractivity contribution in [2.24, 2.45) is 10.7 Å². The summed E-state index contributed by atoms with van der Waals surface area (Å²) in [4.78, 5) is 15.0. The summed E-state index contributed by atoms with van der Waals surface area (Å²) in [6.45, 7) is -0.141. The van der Waals surface area contributed by atoms with Crippen LogP contribution in [0.15, 0.2) is 47.5 Å². The van der Waals surface area contributed by atoms with Crippen LogP contribution in [0.4, 0.5) is 5.69 Å². The van der Waals surface area contributed by atoms with Gasteiger partial charge in [0.15, 0.2) is 6.61 Å². The number of hydrogen-bond donors (Lipinski definition) is 1. The molecule has 2 aromatic rings. The Labute approximate surface area is 133 Å². The van der Waals surface area contributed by atoms with Gasteiger partial charge in [0.25, 0.3) is 5.91 Å². The quantitative estimate of drug-likeness (QED) is 0.832. The average Bonchev–Trinajstić information content (AvgIpc) is 2.52. The number of benzene rings is 2. The fraction of sp³-hybridized carbons (Fsp3) is 0.125. The van der Waals surface area contributed by atoms with Crippen LogP contribution in [0.1, 0.15) is 5.56 Å². The summed E-state index contributed by atoms with van der Waals surface area (Å²) in [6, 6.07) is 12.4. The first-order valence-corrected chi connectivity index (χ1v) is 6.85. The fourth-order valence-electron chi connectivity index (χ4n) is 1.69. The number of amides is 1. The molecule has 2 rings (SSSR count). The standard InChI is InChI=1S/C16H15ClN2O3/c1-21-15-7-4-12(8-14(15)17)19-9-11-2-5-13(6-3-11)22-10-16(18)20/h2-9H,10H2,1H3,(H2,18,20). The molecule has 0 aliphatic heterocycles. The molecule has 0 aliphatic rings. The average molecular weight is 319 g/mol. The number of methoxy groups -OCH3 is 1. The van der Waals surface area contributed by atoms with Gasteiger partial charge in [-0.05, 0) is 48.0 Å². The van der Waals surface area contributed by atoms with E-state index in [-0.39, 0.29) is 6.61 Å². The molecule has 0 heterocycles. The maximum Gasteiger partial charge on any atom is 0.255 e. The van der Waals surface area contributed by atoms with E-state index >= 15 is 0 Å². The Balaban J connectivity index is 2.03. The van der Waals surface area contributed by atoms with Crippen molar-refractivity contribution in [3.63, 3.8) is 0 Å². The zero-order valence-electron chi connectivity index (χ0n) is 12.0. The van der Waals surface area contributed by atoms with Gasteiger partial charge in [-0.2, -0.15) is 0 Å². The van der Waals surface area contributed by atoms with Crippen LogP contribution in [0.5, 0.6) is 11.5 Å². The minimum absolute atomic E-state index is 0.141. The van der Waals surface area contributed by atoms with E-state index in [1.54, 1.807) is 37.6 Å². The molecule has 0 spiro atoms. The van der Waals surface area contributed by atoms with Gasteiger partial charge in [0.05, 0.1) is 17.8 Å². The molecule has 22 heavy (non-hydrogen) atoms. The van der Waals surface area contributed by atoms with Crippen LogP contribution in [-0.2, 0) is 4.79 Å². The summed E-state index contributed by atoms with van der Waals surface area (Å²) in [7, 11) is 1.56. The van der Waals surface area contributed by atoms with Crippen molar-refractivity contribution in [3.05, 3.63) is 53.1 Å². The zero-order chi connectivity index (χ0) is 15.9. The first-order valence-electron chi connectivity index (χ1n) is 6.47. The van der Waals surface area contributed by atoms with Crippen molar-refractivity contribution < 1.29 is 14.3 Å². The van der Waals surface area contributed by atoms with E-state index in [1.165, 1.54) is 0 Å². The van der Waals surface area contributed by atoms with Gasteiger partial charge in [-0.1, -0.05) is 11.6 Å². The zero-order valence-corrected chi connectivity index (χ0v) is 12.7. The van der Waals surface area contributed by atoms with Gasteiger partial charge in [0, 0.05) is 6.21 Å². The molecular weight excluding hydrogens is 304 g/mol. The molecule has 6 heteroatoms. The van der Waals surface area contributed by atoms with Gasteiger partial charge >= 0.3 is 0 Å². The number of hydrogen-bond acceptors (Lipinski definition) is 4. The van der Waals surface area contributed by atoms with Crippen LogP contribution in [0.25, 0.3) is 0 Å². The van der Waals surface area contributed by atoms with Crippen molar-refractivity contribution >= 4 is 29.4 Å². The lowest BCUT2D eigenvalue weighted by Gasteiger charge is -2.04. The molecule has 0 radical (unpaired) electrons. The van der Waals surface area contributed by atoms with Crippen molar-refractivity contribution in [2.75, 3.05) is 13.7 Å². The van der Waals surface area contributed by atoms with Crippen molar-refractivity contribution in [1.29, 1.82) is 0 Å². The topological polar surface area (TPSA) is 73.9 Å². The smallest absolute Gasteiger partial charge is 0.255 e. The van der Waals surface area contributed by atoms with E-state index < -0.39 is 5.91 Å². The van der Waals surface area contributed by atoms with E-state index in [9.17, 15) is 4.79 Å². The van der Waals surface area contributed by atoms with Crippen LogP contribution in [0.3, 0.4) is 0 Å². The molecule has 0 aromatic heterocycles. The van der Waals surface area contributed by atoms with Crippen LogP contribution in [-0.4, -0.2) is 25.8 Å². The number of nitrogens with two attached hydrogens (primary N) is 1. The summed E-state index contributed by atoms with van der Waals surface area (Å²) in [5.74, 6) is 0.669. The van der Waals surface area contributed by atoms with Crippen molar-refractivity contribution in [2.45, 2.75) is 0 Å². The predicted octanol–water partition coefficient (Wildman–Crippen LogP) is 2.96. The molecule has 0 saturated carbocycles. The van der Waals surface area contributed by atoms with Gasteiger partial charge in [-0.3, -0.25) is 9.79 Å². The molecule has 0 saturated heterocycles. The molecule has 2 aromatic carbocycles. The number of carbonyl (C=O) groups excluding carboxylic acids is 1. The maximum atomic E-state index is 10.6. The lowest BCUT2D eigenvalue weighted by molar-refractivity contribution is -0.119. The Morgan fingerprint density at radius 2 is 2.00 bits per heavy atom. The molecule has 5 nitrogen and oxygen atoms in total. The third-order valence-electron chi connectivity index (χ3n) is 2.76. The first-order chi connectivity index (χ1) is 10.6. The van der Waals surface area contributed by atoms with Crippen LogP contribution in [0.2, 0.25) is 5.02 Å². The van der Waals surface area contributed by atoms with Gasteiger partial charge in [-0.25, -0.2) is 0 Å². The second-order valence-electron chi connectivity index (χ2n) is 4.40. The molecular formula is C16H15ClN2O3. The Morgan fingerprint density at radius 3 is 2.59 bits per heavy atom. The molecule has 0 fully saturated rings.